The molecular formula is C44H46Cl2N12O2. The minimum Gasteiger partial charge on any atom is -0.390 e. The molecule has 4 heterocycles. The molecule has 0 aliphatic carbocycles. The maximum absolute atomic E-state index is 9.77. The summed E-state index contributed by atoms with van der Waals surface area (Å²) in [5.74, 6) is 3.03. The second-order valence-corrected chi connectivity index (χ2v) is 14.9. The van der Waals surface area contributed by atoms with Crippen LogP contribution in [0.25, 0.3) is 45.0 Å². The van der Waals surface area contributed by atoms with Crippen LogP contribution in [0, 0.1) is 0 Å². The molecule has 0 saturated carbocycles. The number of hydrogen-bond donors (Lipinski definition) is 4. The molecule has 8 rings (SSSR count). The van der Waals surface area contributed by atoms with Gasteiger partial charge in [-0.05, 0) is 61.9 Å². The Hall–Kier alpha value is -6.06. The smallest absolute Gasteiger partial charge is 0.205 e. The van der Waals surface area contributed by atoms with Gasteiger partial charge in [0.1, 0.15) is 11.6 Å². The lowest BCUT2D eigenvalue weighted by atomic mass is 9.98. The van der Waals surface area contributed by atoms with Gasteiger partial charge in [-0.25, -0.2) is 15.1 Å². The summed E-state index contributed by atoms with van der Waals surface area (Å²) in [7, 11) is 0. The van der Waals surface area contributed by atoms with Crippen molar-refractivity contribution in [3.05, 3.63) is 142 Å². The number of unbranched alkanes of at least 4 members (excludes halogenated alkanes) is 2. The van der Waals surface area contributed by atoms with Crippen molar-refractivity contribution < 1.29 is 10.2 Å². The van der Waals surface area contributed by atoms with Crippen molar-refractivity contribution in [2.45, 2.75) is 78.7 Å². The van der Waals surface area contributed by atoms with Gasteiger partial charge in [-0.1, -0.05) is 147 Å². The molecule has 0 radical (unpaired) electrons. The van der Waals surface area contributed by atoms with Crippen LogP contribution in [-0.2, 0) is 39.1 Å². The number of nitrogens with one attached hydrogen (secondary N) is 2. The minimum atomic E-state index is -0.131. The van der Waals surface area contributed by atoms with Gasteiger partial charge in [0.05, 0.1) is 24.6 Å². The normalized spacial score (nSPS) is 11.2. The summed E-state index contributed by atoms with van der Waals surface area (Å²) < 4.78 is 4.06. The van der Waals surface area contributed by atoms with E-state index in [1.54, 1.807) is 0 Å². The minimum absolute atomic E-state index is 0.130. The van der Waals surface area contributed by atoms with E-state index >= 15 is 0 Å². The fourth-order valence-corrected chi connectivity index (χ4v) is 7.62. The van der Waals surface area contributed by atoms with Crippen LogP contribution in [0.5, 0.6) is 0 Å². The predicted molar refractivity (Wildman–Crippen MR) is 232 cm³/mol. The molecule has 16 heteroatoms. The molecule has 0 fully saturated rings. The molecule has 0 atom stereocenters. The van der Waals surface area contributed by atoms with Crippen LogP contribution in [0.2, 0.25) is 10.3 Å². The zero-order valence-electron chi connectivity index (χ0n) is 33.4. The maximum atomic E-state index is 9.77. The number of aliphatic hydroxyl groups is 2. The van der Waals surface area contributed by atoms with E-state index in [4.69, 9.17) is 23.2 Å². The topological polar surface area (TPSA) is 185 Å². The lowest BCUT2D eigenvalue weighted by Crippen LogP contribution is -2.09. The van der Waals surface area contributed by atoms with Crippen LogP contribution >= 0.6 is 23.2 Å². The molecule has 4 aromatic heterocycles. The molecule has 0 spiro atoms. The van der Waals surface area contributed by atoms with Crippen molar-refractivity contribution >= 4 is 23.2 Å². The number of aromatic amines is 2. The van der Waals surface area contributed by atoms with Crippen molar-refractivity contribution in [3.8, 4) is 45.0 Å². The van der Waals surface area contributed by atoms with Gasteiger partial charge in [-0.15, -0.1) is 15.3 Å². The summed E-state index contributed by atoms with van der Waals surface area (Å²) in [5.41, 5.74) is 9.63. The predicted octanol–water partition coefficient (Wildman–Crippen LogP) is 8.53. The third kappa shape index (κ3) is 9.69. The number of halogens is 2. The van der Waals surface area contributed by atoms with E-state index in [-0.39, 0.29) is 13.2 Å². The monoisotopic (exact) mass is 844 g/mol. The summed E-state index contributed by atoms with van der Waals surface area (Å²) in [6, 6.07) is 32.7. The Balaban J connectivity index is 0.000000181. The number of aromatic nitrogens is 12. The first kappa shape index (κ1) is 42.1. The number of imidazole rings is 2. The lowest BCUT2D eigenvalue weighted by molar-refractivity contribution is 0.271. The van der Waals surface area contributed by atoms with Gasteiger partial charge < -0.3 is 19.3 Å². The van der Waals surface area contributed by atoms with Crippen LogP contribution in [0.4, 0.5) is 0 Å². The highest BCUT2D eigenvalue weighted by molar-refractivity contribution is 6.30. The Morgan fingerprint density at radius 2 is 1.07 bits per heavy atom. The summed E-state index contributed by atoms with van der Waals surface area (Å²) in [6.45, 7) is 5.26. The van der Waals surface area contributed by atoms with Crippen LogP contribution in [0.3, 0.4) is 0 Å². The van der Waals surface area contributed by atoms with Crippen molar-refractivity contribution in [3.63, 3.8) is 0 Å². The molecule has 0 aliphatic rings. The average Bonchev–Trinajstić information content (AvgIpc) is 4.12. The first-order valence-corrected chi connectivity index (χ1v) is 20.7. The van der Waals surface area contributed by atoms with Crippen molar-refractivity contribution in [2.75, 3.05) is 0 Å². The standard InChI is InChI=1S/2C22H23ClN6O/c2*1-2-3-8-20-24-21(23)19(14-30)29(20)13-15-9-11-16(12-10-15)17-6-4-5-7-18(17)22-25-27-28-26-22/h2*4-7,9-12,30H,2-3,8,13-14H2,1H3,(H,25,26,27,28). The molecule has 60 heavy (non-hydrogen) atoms. The molecule has 0 bridgehead atoms. The fourth-order valence-electron chi connectivity index (χ4n) is 7.10. The zero-order chi connectivity index (χ0) is 41.8. The molecule has 0 saturated heterocycles. The van der Waals surface area contributed by atoms with Gasteiger partial charge in [0, 0.05) is 37.1 Å². The summed E-state index contributed by atoms with van der Waals surface area (Å²) >= 11 is 12.5. The molecule has 14 nitrogen and oxygen atoms in total. The molecular weight excluding hydrogens is 799 g/mol. The van der Waals surface area contributed by atoms with Crippen molar-refractivity contribution in [1.82, 2.24) is 60.4 Å². The van der Waals surface area contributed by atoms with Crippen LogP contribution in [0.15, 0.2) is 97.1 Å². The number of hydrogen-bond acceptors (Lipinski definition) is 10. The summed E-state index contributed by atoms with van der Waals surface area (Å²) in [5, 5.41) is 48.9. The van der Waals surface area contributed by atoms with E-state index in [0.29, 0.717) is 46.4 Å². The molecule has 4 N–H and O–H groups in total. The number of aliphatic hydroxyl groups excluding tert-OH is 2. The number of rotatable bonds is 16. The largest absolute Gasteiger partial charge is 0.390 e. The molecule has 8 aromatic rings. The quantitative estimate of drug-likeness (QED) is 0.0735. The fraction of sp³-hybridized carbons (Fsp3) is 0.273. The van der Waals surface area contributed by atoms with Crippen molar-refractivity contribution in [2.24, 2.45) is 0 Å². The van der Waals surface area contributed by atoms with Crippen molar-refractivity contribution in [1.29, 1.82) is 0 Å². The Morgan fingerprint density at radius 3 is 1.50 bits per heavy atom. The number of H-pyrrole nitrogens is 2. The maximum Gasteiger partial charge on any atom is 0.205 e. The molecule has 308 valence electrons. The Morgan fingerprint density at radius 1 is 0.583 bits per heavy atom. The second-order valence-electron chi connectivity index (χ2n) is 14.2. The van der Waals surface area contributed by atoms with Crippen LogP contribution in [0.1, 0.15) is 73.7 Å². The van der Waals surface area contributed by atoms with Gasteiger partial charge in [-0.2, -0.15) is 5.21 Å². The van der Waals surface area contributed by atoms with Gasteiger partial charge in [-0.3, -0.25) is 0 Å². The van der Waals surface area contributed by atoms with Gasteiger partial charge in [0.15, 0.2) is 16.1 Å². The number of aryl methyl sites for hydroxylation is 2. The number of benzene rings is 4. The zero-order valence-corrected chi connectivity index (χ0v) is 34.9. The van der Waals surface area contributed by atoms with E-state index in [2.05, 4.69) is 120 Å². The highest BCUT2D eigenvalue weighted by Crippen LogP contribution is 2.32. The Kier molecular flexibility index (Phi) is 14.2. The van der Waals surface area contributed by atoms with E-state index in [1.807, 2.05) is 51.6 Å². The van der Waals surface area contributed by atoms with E-state index in [1.165, 1.54) is 0 Å². The highest BCUT2D eigenvalue weighted by atomic mass is 35.5. The van der Waals surface area contributed by atoms with E-state index in [0.717, 1.165) is 94.7 Å². The molecule has 4 aromatic carbocycles. The first-order valence-electron chi connectivity index (χ1n) is 20.0. The molecule has 0 aliphatic heterocycles. The van der Waals surface area contributed by atoms with Gasteiger partial charge >= 0.3 is 0 Å². The van der Waals surface area contributed by atoms with Crippen LogP contribution in [-0.4, -0.2) is 70.6 Å². The number of nitrogens with zero attached hydrogens (tertiary/aromatic N) is 10. The second kappa shape index (κ2) is 20.3. The SMILES string of the molecule is CCCCc1nc(Cl)c(CO)n1Cc1ccc(-c2ccccc2-c2nn[nH]n2)cc1.CCCCc1nc(Cl)c(CO)n1Cc1ccc(-c2ccccc2-c2nnn[nH]2)cc1. The molecule has 0 amide bonds. The van der Waals surface area contributed by atoms with Gasteiger partial charge in [0.25, 0.3) is 0 Å². The van der Waals surface area contributed by atoms with Gasteiger partial charge in [0.2, 0.25) is 5.82 Å². The third-order valence-electron chi connectivity index (χ3n) is 10.3. The Labute approximate surface area is 357 Å². The van der Waals surface area contributed by atoms with E-state index < -0.39 is 0 Å². The average molecular weight is 846 g/mol. The first-order chi connectivity index (χ1) is 29.4. The van der Waals surface area contributed by atoms with E-state index in [9.17, 15) is 10.2 Å². The Bertz CT molecular complexity index is 2390. The summed E-state index contributed by atoms with van der Waals surface area (Å²) in [4.78, 5) is 8.93. The summed E-state index contributed by atoms with van der Waals surface area (Å²) in [6.07, 6.45) is 5.90. The molecule has 0 unspecified atom stereocenters. The third-order valence-corrected chi connectivity index (χ3v) is 10.9. The lowest BCUT2D eigenvalue weighted by Gasteiger charge is -2.12. The van der Waals surface area contributed by atoms with Crippen LogP contribution < -0.4 is 0 Å². The number of tetrazole rings is 2. The highest BCUT2D eigenvalue weighted by Gasteiger charge is 2.18.